The third-order valence-corrected chi connectivity index (χ3v) is 4.24. The van der Waals surface area contributed by atoms with Crippen molar-refractivity contribution in [3.8, 4) is 11.8 Å². The average molecular weight is 358 g/mol. The number of ether oxygens (including phenoxy) is 1. The van der Waals surface area contributed by atoms with E-state index in [1.54, 1.807) is 50.4 Å². The van der Waals surface area contributed by atoms with E-state index < -0.39 is 6.04 Å². The fourth-order valence-electron chi connectivity index (χ4n) is 2.40. The number of anilines is 1. The number of halogens is 1. The Hall–Kier alpha value is -2.55. The van der Waals surface area contributed by atoms with Gasteiger partial charge in [0.05, 0.1) is 24.4 Å². The second-order valence-electron chi connectivity index (χ2n) is 5.69. The van der Waals surface area contributed by atoms with Crippen molar-refractivity contribution in [2.24, 2.45) is 0 Å². The van der Waals surface area contributed by atoms with Gasteiger partial charge in [-0.3, -0.25) is 9.69 Å². The molecule has 0 saturated carbocycles. The van der Waals surface area contributed by atoms with Crippen LogP contribution in [0, 0.1) is 11.3 Å². The first-order valence-corrected chi connectivity index (χ1v) is 8.16. The number of nitriles is 1. The summed E-state index contributed by atoms with van der Waals surface area (Å²) in [5.41, 5.74) is 1.84. The van der Waals surface area contributed by atoms with E-state index in [0.717, 1.165) is 11.3 Å². The highest BCUT2D eigenvalue weighted by Gasteiger charge is 2.20. The van der Waals surface area contributed by atoms with E-state index in [9.17, 15) is 4.79 Å². The first-order chi connectivity index (χ1) is 12.0. The molecular weight excluding hydrogens is 338 g/mol. The van der Waals surface area contributed by atoms with Crippen LogP contribution >= 0.6 is 11.6 Å². The summed E-state index contributed by atoms with van der Waals surface area (Å²) in [6.45, 7) is 2.31. The van der Waals surface area contributed by atoms with Crippen LogP contribution in [-0.4, -0.2) is 31.0 Å². The minimum Gasteiger partial charge on any atom is -0.496 e. The van der Waals surface area contributed by atoms with Crippen LogP contribution in [0.3, 0.4) is 0 Å². The number of nitrogens with one attached hydrogen (secondary N) is 1. The molecule has 2 aromatic rings. The molecule has 0 aromatic heterocycles. The van der Waals surface area contributed by atoms with Crippen molar-refractivity contribution >= 4 is 23.2 Å². The van der Waals surface area contributed by atoms with Gasteiger partial charge in [-0.1, -0.05) is 23.7 Å². The molecule has 0 saturated heterocycles. The first-order valence-electron chi connectivity index (χ1n) is 7.79. The van der Waals surface area contributed by atoms with Crippen LogP contribution in [0.4, 0.5) is 5.69 Å². The van der Waals surface area contributed by atoms with E-state index in [1.165, 1.54) is 0 Å². The van der Waals surface area contributed by atoms with Crippen molar-refractivity contribution in [2.45, 2.75) is 19.5 Å². The summed E-state index contributed by atoms with van der Waals surface area (Å²) in [6.07, 6.45) is 0. The summed E-state index contributed by atoms with van der Waals surface area (Å²) in [5, 5.41) is 12.5. The lowest BCUT2D eigenvalue weighted by molar-refractivity contribution is -0.120. The Morgan fingerprint density at radius 2 is 2.08 bits per heavy atom. The Bertz CT molecular complexity index is 801. The number of benzene rings is 2. The molecule has 0 spiro atoms. The second kappa shape index (κ2) is 8.52. The van der Waals surface area contributed by atoms with Gasteiger partial charge in [0.1, 0.15) is 11.8 Å². The SMILES string of the molecule is COc1ccc(Cl)cc1CN(C)[C@@H](C)C(=O)Nc1ccccc1C#N. The maximum Gasteiger partial charge on any atom is 0.241 e. The van der Waals surface area contributed by atoms with Gasteiger partial charge in [-0.15, -0.1) is 0 Å². The smallest absolute Gasteiger partial charge is 0.241 e. The predicted molar refractivity (Wildman–Crippen MR) is 98.7 cm³/mol. The molecule has 0 fully saturated rings. The summed E-state index contributed by atoms with van der Waals surface area (Å²) in [7, 11) is 3.45. The number of carbonyl (C=O) groups is 1. The maximum atomic E-state index is 12.5. The van der Waals surface area contributed by atoms with Gasteiger partial charge in [-0.05, 0) is 44.3 Å². The zero-order chi connectivity index (χ0) is 18.4. The molecule has 0 heterocycles. The van der Waals surface area contributed by atoms with Crippen LogP contribution in [0.2, 0.25) is 5.02 Å². The predicted octanol–water partition coefficient (Wildman–Crippen LogP) is 3.68. The van der Waals surface area contributed by atoms with Crippen molar-refractivity contribution in [3.63, 3.8) is 0 Å². The first kappa shape index (κ1) is 18.8. The topological polar surface area (TPSA) is 65.4 Å². The van der Waals surface area contributed by atoms with E-state index >= 15 is 0 Å². The number of rotatable bonds is 6. The van der Waals surface area contributed by atoms with Gasteiger partial charge in [0, 0.05) is 17.1 Å². The molecule has 0 unspecified atom stereocenters. The summed E-state index contributed by atoms with van der Waals surface area (Å²) >= 11 is 6.06. The Balaban J connectivity index is 2.09. The van der Waals surface area contributed by atoms with Crippen molar-refractivity contribution < 1.29 is 9.53 Å². The fraction of sp³-hybridized carbons (Fsp3) is 0.263. The lowest BCUT2D eigenvalue weighted by atomic mass is 10.1. The van der Waals surface area contributed by atoms with Crippen LogP contribution in [-0.2, 0) is 11.3 Å². The molecule has 0 aliphatic heterocycles. The minimum absolute atomic E-state index is 0.189. The molecule has 2 rings (SSSR count). The summed E-state index contributed by atoms with van der Waals surface area (Å²) in [5.74, 6) is 0.532. The van der Waals surface area contributed by atoms with E-state index in [4.69, 9.17) is 21.6 Å². The largest absolute Gasteiger partial charge is 0.496 e. The molecule has 1 N–H and O–H groups in total. The van der Waals surface area contributed by atoms with Gasteiger partial charge in [-0.2, -0.15) is 5.26 Å². The molecule has 2 aromatic carbocycles. The van der Waals surface area contributed by atoms with E-state index in [2.05, 4.69) is 11.4 Å². The zero-order valence-corrected chi connectivity index (χ0v) is 15.2. The third-order valence-electron chi connectivity index (χ3n) is 4.01. The van der Waals surface area contributed by atoms with Crippen LogP contribution in [0.1, 0.15) is 18.1 Å². The standard InChI is InChI=1S/C19H20ClN3O2/c1-13(19(24)22-17-7-5-4-6-14(17)11-21)23(2)12-15-10-16(20)8-9-18(15)25-3/h4-10,13H,12H2,1-3H3,(H,22,24)/t13-/m0/s1. The summed E-state index contributed by atoms with van der Waals surface area (Å²) in [4.78, 5) is 14.4. The lowest BCUT2D eigenvalue weighted by Crippen LogP contribution is -2.39. The van der Waals surface area contributed by atoms with Crippen LogP contribution < -0.4 is 10.1 Å². The van der Waals surface area contributed by atoms with E-state index in [-0.39, 0.29) is 5.91 Å². The number of likely N-dealkylation sites (N-methyl/N-ethyl adjacent to an activating group) is 1. The third kappa shape index (κ3) is 4.72. The normalized spacial score (nSPS) is 11.7. The van der Waals surface area contributed by atoms with Crippen molar-refractivity contribution in [3.05, 3.63) is 58.6 Å². The quantitative estimate of drug-likeness (QED) is 0.856. The summed E-state index contributed by atoms with van der Waals surface area (Å²) < 4.78 is 5.35. The highest BCUT2D eigenvalue weighted by molar-refractivity contribution is 6.30. The van der Waals surface area contributed by atoms with Gasteiger partial charge < -0.3 is 10.1 Å². The molecule has 0 aliphatic carbocycles. The Morgan fingerprint density at radius 3 is 2.76 bits per heavy atom. The zero-order valence-electron chi connectivity index (χ0n) is 14.4. The average Bonchev–Trinajstić information content (AvgIpc) is 2.61. The molecule has 1 amide bonds. The highest BCUT2D eigenvalue weighted by Crippen LogP contribution is 2.24. The number of amides is 1. The van der Waals surface area contributed by atoms with Gasteiger partial charge in [0.15, 0.2) is 0 Å². The van der Waals surface area contributed by atoms with Crippen molar-refractivity contribution in [2.75, 3.05) is 19.5 Å². The molecule has 6 heteroatoms. The molecule has 0 radical (unpaired) electrons. The fourth-order valence-corrected chi connectivity index (χ4v) is 2.60. The highest BCUT2D eigenvalue weighted by atomic mass is 35.5. The number of hydrogen-bond acceptors (Lipinski definition) is 4. The molecule has 25 heavy (non-hydrogen) atoms. The number of nitrogens with zero attached hydrogens (tertiary/aromatic N) is 2. The number of carbonyl (C=O) groups excluding carboxylic acids is 1. The van der Waals surface area contributed by atoms with Gasteiger partial charge in [0.2, 0.25) is 5.91 Å². The Morgan fingerprint density at radius 1 is 1.36 bits per heavy atom. The van der Waals surface area contributed by atoms with Crippen LogP contribution in [0.25, 0.3) is 0 Å². The van der Waals surface area contributed by atoms with Gasteiger partial charge in [-0.25, -0.2) is 0 Å². The van der Waals surface area contributed by atoms with Gasteiger partial charge in [0.25, 0.3) is 0 Å². The lowest BCUT2D eigenvalue weighted by Gasteiger charge is -2.25. The molecule has 130 valence electrons. The molecular formula is C19H20ClN3O2. The maximum absolute atomic E-state index is 12.5. The molecule has 5 nitrogen and oxygen atoms in total. The Labute approximate surface area is 152 Å². The minimum atomic E-state index is -0.407. The van der Waals surface area contributed by atoms with Crippen molar-refractivity contribution in [1.29, 1.82) is 5.26 Å². The Kier molecular flexibility index (Phi) is 6.40. The van der Waals surface area contributed by atoms with Gasteiger partial charge >= 0.3 is 0 Å². The molecule has 0 bridgehead atoms. The van der Waals surface area contributed by atoms with E-state index in [0.29, 0.717) is 22.8 Å². The molecule has 1 atom stereocenters. The second-order valence-corrected chi connectivity index (χ2v) is 6.13. The molecule has 0 aliphatic rings. The van der Waals surface area contributed by atoms with E-state index in [1.807, 2.05) is 18.0 Å². The van der Waals surface area contributed by atoms with Crippen LogP contribution in [0.5, 0.6) is 5.75 Å². The summed E-state index contributed by atoms with van der Waals surface area (Å²) in [6, 6.07) is 14.0. The monoisotopic (exact) mass is 357 g/mol. The van der Waals surface area contributed by atoms with Crippen molar-refractivity contribution in [1.82, 2.24) is 4.90 Å². The number of methoxy groups -OCH3 is 1. The number of para-hydroxylation sites is 1. The van der Waals surface area contributed by atoms with Crippen LogP contribution in [0.15, 0.2) is 42.5 Å². The number of hydrogen-bond donors (Lipinski definition) is 1.